The second kappa shape index (κ2) is 6.00. The van der Waals surface area contributed by atoms with E-state index in [-0.39, 0.29) is 28.4 Å². The van der Waals surface area contributed by atoms with Crippen molar-refractivity contribution in [3.8, 4) is 11.5 Å². The molecule has 0 amide bonds. The van der Waals surface area contributed by atoms with Crippen LogP contribution in [-0.2, 0) is 5.41 Å². The molecule has 0 saturated heterocycles. The lowest BCUT2D eigenvalue weighted by Gasteiger charge is -2.46. The van der Waals surface area contributed by atoms with Gasteiger partial charge < -0.3 is 9.47 Å². The van der Waals surface area contributed by atoms with Crippen LogP contribution in [-0.4, -0.2) is 20.0 Å². The Morgan fingerprint density at radius 3 is 2.20 bits per heavy atom. The normalized spacial score (nSPS) is 27.2. The van der Waals surface area contributed by atoms with E-state index in [0.717, 1.165) is 51.9 Å². The van der Waals surface area contributed by atoms with Crippen LogP contribution >= 0.6 is 15.9 Å². The third-order valence-electron chi connectivity index (χ3n) is 6.39. The van der Waals surface area contributed by atoms with Crippen molar-refractivity contribution in [1.82, 2.24) is 0 Å². The smallest absolute Gasteiger partial charge is 0.168 e. The number of methoxy groups -OCH3 is 2. The largest absolute Gasteiger partial charge is 0.493 e. The maximum atomic E-state index is 13.6. The molecule has 0 aliphatic heterocycles. The summed E-state index contributed by atoms with van der Waals surface area (Å²) in [6.45, 7) is 10.9. The zero-order chi connectivity index (χ0) is 18.7. The van der Waals surface area contributed by atoms with Crippen molar-refractivity contribution in [3.63, 3.8) is 0 Å². The molecule has 0 spiro atoms. The van der Waals surface area contributed by atoms with Gasteiger partial charge in [0.25, 0.3) is 0 Å². The molecule has 2 aliphatic carbocycles. The van der Waals surface area contributed by atoms with Gasteiger partial charge in [-0.15, -0.1) is 0 Å². The van der Waals surface area contributed by atoms with Gasteiger partial charge in [0, 0.05) is 32.5 Å². The number of hydrogen-bond acceptors (Lipinski definition) is 3. The highest BCUT2D eigenvalue weighted by molar-refractivity contribution is 9.10. The average molecular weight is 409 g/mol. The molecule has 0 N–H and O–H groups in total. The van der Waals surface area contributed by atoms with Gasteiger partial charge in [0.1, 0.15) is 0 Å². The number of carbonyl (C=O) groups is 1. The van der Waals surface area contributed by atoms with Crippen LogP contribution in [0.3, 0.4) is 0 Å². The summed E-state index contributed by atoms with van der Waals surface area (Å²) in [5, 5.41) is 0. The van der Waals surface area contributed by atoms with Crippen LogP contribution in [0.1, 0.15) is 81.3 Å². The molecule has 3 rings (SSSR count). The second-order valence-electron chi connectivity index (χ2n) is 8.76. The Morgan fingerprint density at radius 1 is 1.08 bits per heavy atom. The van der Waals surface area contributed by atoms with Crippen LogP contribution in [0.25, 0.3) is 0 Å². The molecule has 25 heavy (non-hydrogen) atoms. The first-order chi connectivity index (χ1) is 11.6. The summed E-state index contributed by atoms with van der Waals surface area (Å²) in [6, 6.07) is 0. The quantitative estimate of drug-likeness (QED) is 0.626. The van der Waals surface area contributed by atoms with Crippen molar-refractivity contribution in [1.29, 1.82) is 0 Å². The SMILES string of the molecule is COc1c(OC)c2c(c(Br)c1C(C)C)C(=O)[C@@H]1C(C)(C)CCC[C@]21C. The number of halogens is 1. The van der Waals surface area contributed by atoms with E-state index in [4.69, 9.17) is 9.47 Å². The minimum absolute atomic E-state index is 0.0129. The summed E-state index contributed by atoms with van der Waals surface area (Å²) in [4.78, 5) is 13.6. The molecule has 0 aromatic heterocycles. The molecule has 0 bridgehead atoms. The summed E-state index contributed by atoms with van der Waals surface area (Å²) >= 11 is 3.77. The van der Waals surface area contributed by atoms with E-state index < -0.39 is 0 Å². The Morgan fingerprint density at radius 2 is 1.68 bits per heavy atom. The van der Waals surface area contributed by atoms with E-state index in [1.54, 1.807) is 14.2 Å². The summed E-state index contributed by atoms with van der Waals surface area (Å²) in [5.41, 5.74) is 2.67. The van der Waals surface area contributed by atoms with Gasteiger partial charge >= 0.3 is 0 Å². The highest BCUT2D eigenvalue weighted by Crippen LogP contribution is 2.63. The Labute approximate surface area is 159 Å². The van der Waals surface area contributed by atoms with E-state index in [9.17, 15) is 4.79 Å². The molecule has 1 aromatic rings. The van der Waals surface area contributed by atoms with Crippen LogP contribution in [0.5, 0.6) is 11.5 Å². The molecule has 2 atom stereocenters. The highest BCUT2D eigenvalue weighted by atomic mass is 79.9. The Balaban J connectivity index is 2.42. The third kappa shape index (κ3) is 2.39. The third-order valence-corrected chi connectivity index (χ3v) is 7.21. The zero-order valence-corrected chi connectivity index (χ0v) is 18.0. The number of fused-ring (bicyclic) bond motifs is 3. The number of ether oxygens (including phenoxy) is 2. The monoisotopic (exact) mass is 408 g/mol. The standard InChI is InChI=1S/C21H29BrO3/c1-11(2)12-15(22)13-14(18(25-7)17(12)24-6)21(5)10-8-9-20(3,4)19(21)16(13)23/h11,19H,8-10H2,1-7H3/t19-,21-/m1/s1. The summed E-state index contributed by atoms with van der Waals surface area (Å²) in [5.74, 6) is 1.99. The van der Waals surface area contributed by atoms with E-state index >= 15 is 0 Å². The van der Waals surface area contributed by atoms with Crippen LogP contribution in [0.2, 0.25) is 0 Å². The van der Waals surface area contributed by atoms with E-state index in [2.05, 4.69) is 50.5 Å². The fraction of sp³-hybridized carbons (Fsp3) is 0.667. The maximum Gasteiger partial charge on any atom is 0.168 e. The molecular weight excluding hydrogens is 380 g/mol. The number of carbonyl (C=O) groups excluding carboxylic acids is 1. The van der Waals surface area contributed by atoms with Crippen LogP contribution in [0.15, 0.2) is 4.47 Å². The first-order valence-electron chi connectivity index (χ1n) is 9.13. The molecule has 2 aliphatic rings. The van der Waals surface area contributed by atoms with Crippen LogP contribution < -0.4 is 9.47 Å². The molecule has 138 valence electrons. The molecule has 3 nitrogen and oxygen atoms in total. The average Bonchev–Trinajstić information content (AvgIpc) is 2.75. The lowest BCUT2D eigenvalue weighted by molar-refractivity contribution is 0.0496. The van der Waals surface area contributed by atoms with Crippen molar-refractivity contribution < 1.29 is 14.3 Å². The van der Waals surface area contributed by atoms with Crippen molar-refractivity contribution in [2.75, 3.05) is 14.2 Å². The number of benzene rings is 1. The number of hydrogen-bond donors (Lipinski definition) is 0. The maximum absolute atomic E-state index is 13.6. The minimum Gasteiger partial charge on any atom is -0.493 e. The Hall–Kier alpha value is -1.03. The predicted molar refractivity (Wildman–Crippen MR) is 104 cm³/mol. The first-order valence-corrected chi connectivity index (χ1v) is 9.93. The van der Waals surface area contributed by atoms with Crippen LogP contribution in [0.4, 0.5) is 0 Å². The zero-order valence-electron chi connectivity index (χ0n) is 16.4. The fourth-order valence-electron chi connectivity index (χ4n) is 5.50. The van der Waals surface area contributed by atoms with Gasteiger partial charge in [-0.1, -0.05) is 41.0 Å². The molecule has 0 unspecified atom stereocenters. The predicted octanol–water partition coefficient (Wildman–Crippen LogP) is 5.87. The number of Topliss-reactive ketones (excluding diaryl/α,β-unsaturated/α-hetero) is 1. The van der Waals surface area contributed by atoms with E-state index in [1.807, 2.05) is 0 Å². The van der Waals surface area contributed by atoms with Gasteiger partial charge in [0.15, 0.2) is 17.3 Å². The summed E-state index contributed by atoms with van der Waals surface area (Å²) < 4.78 is 12.5. The van der Waals surface area contributed by atoms with Crippen molar-refractivity contribution >= 4 is 21.7 Å². The summed E-state index contributed by atoms with van der Waals surface area (Å²) in [6.07, 6.45) is 3.22. The Kier molecular flexibility index (Phi) is 4.50. The molecular formula is C21H29BrO3. The highest BCUT2D eigenvalue weighted by Gasteiger charge is 2.59. The van der Waals surface area contributed by atoms with Gasteiger partial charge in [-0.25, -0.2) is 0 Å². The van der Waals surface area contributed by atoms with Crippen molar-refractivity contribution in [3.05, 3.63) is 21.2 Å². The van der Waals surface area contributed by atoms with Gasteiger partial charge in [0.2, 0.25) is 0 Å². The van der Waals surface area contributed by atoms with Crippen molar-refractivity contribution in [2.24, 2.45) is 11.3 Å². The topological polar surface area (TPSA) is 35.5 Å². The molecule has 1 aromatic carbocycles. The number of rotatable bonds is 3. The second-order valence-corrected chi connectivity index (χ2v) is 9.55. The van der Waals surface area contributed by atoms with Crippen molar-refractivity contribution in [2.45, 2.75) is 65.2 Å². The van der Waals surface area contributed by atoms with Gasteiger partial charge in [0.05, 0.1) is 14.2 Å². The lowest BCUT2D eigenvalue weighted by Crippen LogP contribution is -2.44. The number of ketones is 1. The lowest BCUT2D eigenvalue weighted by atomic mass is 9.56. The molecule has 0 heterocycles. The van der Waals surface area contributed by atoms with Gasteiger partial charge in [-0.2, -0.15) is 0 Å². The first kappa shape index (κ1) is 18.8. The fourth-order valence-corrected chi connectivity index (χ4v) is 6.53. The molecule has 0 radical (unpaired) electrons. The molecule has 1 saturated carbocycles. The summed E-state index contributed by atoms with van der Waals surface area (Å²) in [7, 11) is 3.37. The van der Waals surface area contributed by atoms with E-state index in [0.29, 0.717) is 0 Å². The van der Waals surface area contributed by atoms with Gasteiger partial charge in [-0.05, 0) is 40.1 Å². The van der Waals surface area contributed by atoms with Gasteiger partial charge in [-0.3, -0.25) is 4.79 Å². The Bertz CT molecular complexity index is 735. The molecule has 1 fully saturated rings. The minimum atomic E-state index is -0.204. The van der Waals surface area contributed by atoms with Crippen LogP contribution in [0, 0.1) is 11.3 Å². The molecule has 4 heteroatoms. The van der Waals surface area contributed by atoms with E-state index in [1.165, 1.54) is 0 Å².